The molecule has 2 saturated heterocycles. The molecular weight excluding hydrogens is 382 g/mol. The molecule has 4 nitrogen and oxygen atoms in total. The molecule has 0 bridgehead atoms. The molecule has 160 valence electrons. The Bertz CT molecular complexity index is 962. The molecule has 2 heterocycles. The molecule has 2 aliphatic rings. The van der Waals surface area contributed by atoms with Crippen LogP contribution >= 0.6 is 0 Å². The van der Waals surface area contributed by atoms with Crippen molar-refractivity contribution in [1.29, 1.82) is 0 Å². The van der Waals surface area contributed by atoms with Crippen LogP contribution in [0.3, 0.4) is 0 Å². The summed E-state index contributed by atoms with van der Waals surface area (Å²) in [5.74, 6) is 0.986. The molecule has 0 unspecified atom stereocenters. The van der Waals surface area contributed by atoms with Gasteiger partial charge in [-0.3, -0.25) is 0 Å². The molecule has 3 aromatic rings. The lowest BCUT2D eigenvalue weighted by molar-refractivity contribution is 0.306. The third kappa shape index (κ3) is 4.63. The number of nitrogens with zero attached hydrogens (tertiary/aromatic N) is 3. The summed E-state index contributed by atoms with van der Waals surface area (Å²) in [5.41, 5.74) is 5.07. The van der Waals surface area contributed by atoms with Crippen molar-refractivity contribution in [3.8, 4) is 5.75 Å². The minimum absolute atomic E-state index is 0.598. The second-order valence-corrected chi connectivity index (χ2v) is 8.43. The standard InChI is InChI=1S/C27H31N3O/c1-3-9-23(10-4-1)22-31-27-14-13-25(28-15-7-8-16-28)21-26(27)30-19-17-29(18-20-30)24-11-5-2-6-12-24/h1-6,9-14,21H,7-8,15-20,22H2. The van der Waals surface area contributed by atoms with Crippen LogP contribution in [-0.4, -0.2) is 39.3 Å². The number of piperazine rings is 1. The maximum atomic E-state index is 6.33. The third-order valence-corrected chi connectivity index (χ3v) is 6.39. The van der Waals surface area contributed by atoms with Crippen LogP contribution in [-0.2, 0) is 6.61 Å². The molecule has 31 heavy (non-hydrogen) atoms. The van der Waals surface area contributed by atoms with Gasteiger partial charge in [0.1, 0.15) is 12.4 Å². The molecule has 5 rings (SSSR count). The minimum atomic E-state index is 0.598. The van der Waals surface area contributed by atoms with Gasteiger partial charge in [-0.1, -0.05) is 48.5 Å². The van der Waals surface area contributed by atoms with Crippen LogP contribution < -0.4 is 19.4 Å². The molecule has 0 radical (unpaired) electrons. The lowest BCUT2D eigenvalue weighted by atomic mass is 10.1. The van der Waals surface area contributed by atoms with E-state index in [1.807, 2.05) is 6.07 Å². The summed E-state index contributed by atoms with van der Waals surface area (Å²) in [4.78, 5) is 7.48. The highest BCUT2D eigenvalue weighted by Gasteiger charge is 2.22. The first-order chi connectivity index (χ1) is 15.4. The summed E-state index contributed by atoms with van der Waals surface area (Å²) in [6, 6.07) is 27.9. The zero-order valence-corrected chi connectivity index (χ0v) is 18.1. The fourth-order valence-electron chi connectivity index (χ4n) is 4.63. The topological polar surface area (TPSA) is 19.0 Å². The van der Waals surface area contributed by atoms with Crippen LogP contribution in [0.4, 0.5) is 17.1 Å². The van der Waals surface area contributed by atoms with Gasteiger partial charge in [-0.15, -0.1) is 0 Å². The maximum Gasteiger partial charge on any atom is 0.143 e. The number of hydrogen-bond acceptors (Lipinski definition) is 4. The molecule has 3 aromatic carbocycles. The van der Waals surface area contributed by atoms with E-state index in [0.717, 1.165) is 45.0 Å². The van der Waals surface area contributed by atoms with Crippen LogP contribution in [0.5, 0.6) is 5.75 Å². The van der Waals surface area contributed by atoms with Crippen molar-refractivity contribution in [3.05, 3.63) is 84.4 Å². The Hall–Kier alpha value is -3.14. The van der Waals surface area contributed by atoms with Gasteiger partial charge in [-0.2, -0.15) is 0 Å². The summed E-state index contributed by atoms with van der Waals surface area (Å²) < 4.78 is 6.33. The highest BCUT2D eigenvalue weighted by Crippen LogP contribution is 2.35. The van der Waals surface area contributed by atoms with E-state index < -0.39 is 0 Å². The highest BCUT2D eigenvalue weighted by atomic mass is 16.5. The average molecular weight is 414 g/mol. The van der Waals surface area contributed by atoms with Gasteiger partial charge in [0.2, 0.25) is 0 Å². The van der Waals surface area contributed by atoms with E-state index in [1.54, 1.807) is 0 Å². The summed E-state index contributed by atoms with van der Waals surface area (Å²) in [6.07, 6.45) is 2.58. The van der Waals surface area contributed by atoms with Crippen LogP contribution in [0.2, 0.25) is 0 Å². The van der Waals surface area contributed by atoms with Crippen molar-refractivity contribution in [2.75, 3.05) is 54.0 Å². The monoisotopic (exact) mass is 413 g/mol. The number of anilines is 3. The first kappa shape index (κ1) is 19.8. The number of rotatable bonds is 6. The largest absolute Gasteiger partial charge is 0.487 e. The normalized spacial score (nSPS) is 16.6. The lowest BCUT2D eigenvalue weighted by Gasteiger charge is -2.38. The Labute approximate surface area is 185 Å². The van der Waals surface area contributed by atoms with Gasteiger partial charge < -0.3 is 19.4 Å². The van der Waals surface area contributed by atoms with Crippen LogP contribution in [0.25, 0.3) is 0 Å². The SMILES string of the molecule is c1ccc(COc2ccc(N3CCCC3)cc2N2CCN(c3ccccc3)CC2)cc1. The third-order valence-electron chi connectivity index (χ3n) is 6.39. The summed E-state index contributed by atoms with van der Waals surface area (Å²) in [6.45, 7) is 6.96. The second-order valence-electron chi connectivity index (χ2n) is 8.43. The summed E-state index contributed by atoms with van der Waals surface area (Å²) in [5, 5.41) is 0. The Morgan fingerprint density at radius 1 is 0.581 bits per heavy atom. The molecule has 0 spiro atoms. The van der Waals surface area contributed by atoms with Crippen molar-refractivity contribution in [1.82, 2.24) is 0 Å². The van der Waals surface area contributed by atoms with E-state index in [1.165, 1.54) is 35.5 Å². The van der Waals surface area contributed by atoms with E-state index in [4.69, 9.17) is 4.74 Å². The van der Waals surface area contributed by atoms with Crippen molar-refractivity contribution in [2.45, 2.75) is 19.4 Å². The molecule has 0 aliphatic carbocycles. The number of para-hydroxylation sites is 1. The predicted molar refractivity (Wildman–Crippen MR) is 130 cm³/mol. The highest BCUT2D eigenvalue weighted by molar-refractivity contribution is 5.68. The van der Waals surface area contributed by atoms with E-state index in [2.05, 4.69) is 87.5 Å². The summed E-state index contributed by atoms with van der Waals surface area (Å²) >= 11 is 0. The van der Waals surface area contributed by atoms with Gasteiger partial charge in [-0.05, 0) is 48.7 Å². The molecule has 4 heteroatoms. The molecule has 0 aromatic heterocycles. The van der Waals surface area contributed by atoms with E-state index in [9.17, 15) is 0 Å². The van der Waals surface area contributed by atoms with Crippen LogP contribution in [0.15, 0.2) is 78.9 Å². The average Bonchev–Trinajstić information content (AvgIpc) is 3.39. The molecule has 2 aliphatic heterocycles. The van der Waals surface area contributed by atoms with Gasteiger partial charge in [0.15, 0.2) is 0 Å². The van der Waals surface area contributed by atoms with Crippen molar-refractivity contribution in [2.24, 2.45) is 0 Å². The smallest absolute Gasteiger partial charge is 0.143 e. The van der Waals surface area contributed by atoms with Crippen molar-refractivity contribution < 1.29 is 4.74 Å². The number of hydrogen-bond donors (Lipinski definition) is 0. The second kappa shape index (κ2) is 9.34. The van der Waals surface area contributed by atoms with E-state index in [-0.39, 0.29) is 0 Å². The van der Waals surface area contributed by atoms with Gasteiger partial charge in [-0.25, -0.2) is 0 Å². The quantitative estimate of drug-likeness (QED) is 0.553. The first-order valence-electron chi connectivity index (χ1n) is 11.5. The van der Waals surface area contributed by atoms with Crippen molar-refractivity contribution >= 4 is 17.1 Å². The zero-order chi connectivity index (χ0) is 20.9. The van der Waals surface area contributed by atoms with Crippen molar-refractivity contribution in [3.63, 3.8) is 0 Å². The maximum absolute atomic E-state index is 6.33. The Balaban J connectivity index is 1.35. The van der Waals surface area contributed by atoms with Gasteiger partial charge in [0.25, 0.3) is 0 Å². The van der Waals surface area contributed by atoms with Crippen LogP contribution in [0.1, 0.15) is 18.4 Å². The summed E-state index contributed by atoms with van der Waals surface area (Å²) in [7, 11) is 0. The Morgan fingerprint density at radius 2 is 1.19 bits per heavy atom. The lowest BCUT2D eigenvalue weighted by Crippen LogP contribution is -2.46. The molecule has 0 N–H and O–H groups in total. The molecule has 2 fully saturated rings. The predicted octanol–water partition coefficient (Wildman–Crippen LogP) is 5.19. The fraction of sp³-hybridized carbons (Fsp3) is 0.333. The molecule has 0 amide bonds. The fourth-order valence-corrected chi connectivity index (χ4v) is 4.63. The van der Waals surface area contributed by atoms with Gasteiger partial charge in [0.05, 0.1) is 5.69 Å². The first-order valence-corrected chi connectivity index (χ1v) is 11.5. The van der Waals surface area contributed by atoms with Gasteiger partial charge in [0, 0.05) is 50.6 Å². The van der Waals surface area contributed by atoms with E-state index in [0.29, 0.717) is 6.61 Å². The Kier molecular flexibility index (Phi) is 5.96. The molecule has 0 saturated carbocycles. The number of benzene rings is 3. The van der Waals surface area contributed by atoms with Crippen LogP contribution in [0, 0.1) is 0 Å². The Morgan fingerprint density at radius 3 is 1.90 bits per heavy atom. The van der Waals surface area contributed by atoms with Gasteiger partial charge >= 0.3 is 0 Å². The zero-order valence-electron chi connectivity index (χ0n) is 18.1. The minimum Gasteiger partial charge on any atom is -0.487 e. The number of ether oxygens (including phenoxy) is 1. The van der Waals surface area contributed by atoms with E-state index >= 15 is 0 Å². The molecule has 0 atom stereocenters. The molecular formula is C27H31N3O.